The topological polar surface area (TPSA) is 58.4 Å². The van der Waals surface area contributed by atoms with Crippen molar-refractivity contribution in [3.05, 3.63) is 23.0 Å². The maximum atomic E-state index is 12.0. The molecule has 1 saturated heterocycles. The molecule has 1 N–H and O–H groups in total. The number of rotatable bonds is 2. The molecular formula is C14H21N3O2. The summed E-state index contributed by atoms with van der Waals surface area (Å²) >= 11 is 0. The van der Waals surface area contributed by atoms with Crippen LogP contribution in [-0.4, -0.2) is 44.4 Å². The average molecular weight is 263 g/mol. The van der Waals surface area contributed by atoms with Crippen LogP contribution in [0.5, 0.6) is 0 Å². The van der Waals surface area contributed by atoms with Crippen molar-refractivity contribution in [2.75, 3.05) is 13.1 Å². The van der Waals surface area contributed by atoms with Gasteiger partial charge < -0.3 is 10.0 Å². The Morgan fingerprint density at radius 2 is 2.16 bits per heavy atom. The summed E-state index contributed by atoms with van der Waals surface area (Å²) in [6, 6.07) is 0. The summed E-state index contributed by atoms with van der Waals surface area (Å²) in [5.74, 6) is -0.0552. The van der Waals surface area contributed by atoms with Gasteiger partial charge in [0, 0.05) is 37.5 Å². The molecule has 0 saturated carbocycles. The predicted molar refractivity (Wildman–Crippen MR) is 73.5 cm³/mol. The first-order valence-electron chi connectivity index (χ1n) is 6.50. The Kier molecular flexibility index (Phi) is 3.49. The molecule has 2 rings (SSSR count). The fraction of sp³-hybridized carbons (Fsp3) is 0.571. The standard InChI is InChI=1S/C14H21N3O2/c1-10-12(11(2)16(4)15-10)5-6-13(18)17-8-7-14(3,19)9-17/h5-6,19H,7-9H2,1-4H3/b6-5+. The van der Waals surface area contributed by atoms with Gasteiger partial charge in [-0.15, -0.1) is 0 Å². The second-order valence-electron chi connectivity index (χ2n) is 5.55. The summed E-state index contributed by atoms with van der Waals surface area (Å²) in [4.78, 5) is 13.7. The number of aromatic nitrogens is 2. The number of aryl methyl sites for hydroxylation is 2. The molecule has 1 aromatic rings. The van der Waals surface area contributed by atoms with E-state index in [9.17, 15) is 9.90 Å². The van der Waals surface area contributed by atoms with Gasteiger partial charge >= 0.3 is 0 Å². The molecule has 2 heterocycles. The van der Waals surface area contributed by atoms with Crippen LogP contribution >= 0.6 is 0 Å². The largest absolute Gasteiger partial charge is 0.388 e. The van der Waals surface area contributed by atoms with Crippen LogP contribution in [-0.2, 0) is 11.8 Å². The highest BCUT2D eigenvalue weighted by Gasteiger charge is 2.33. The second-order valence-corrected chi connectivity index (χ2v) is 5.55. The van der Waals surface area contributed by atoms with Crippen molar-refractivity contribution in [3.8, 4) is 0 Å². The zero-order valence-corrected chi connectivity index (χ0v) is 12.0. The molecule has 0 aromatic carbocycles. The number of carbonyl (C=O) groups excluding carboxylic acids is 1. The third-order valence-electron chi connectivity index (χ3n) is 3.72. The van der Waals surface area contributed by atoms with Gasteiger partial charge in [0.1, 0.15) is 0 Å². The summed E-state index contributed by atoms with van der Waals surface area (Å²) in [6.45, 7) is 6.68. The van der Waals surface area contributed by atoms with E-state index in [1.54, 1.807) is 22.6 Å². The molecule has 1 aliphatic rings. The molecule has 1 fully saturated rings. The van der Waals surface area contributed by atoms with Crippen molar-refractivity contribution in [1.82, 2.24) is 14.7 Å². The van der Waals surface area contributed by atoms with E-state index in [4.69, 9.17) is 0 Å². The monoisotopic (exact) mass is 263 g/mol. The van der Waals surface area contributed by atoms with E-state index in [2.05, 4.69) is 5.10 Å². The van der Waals surface area contributed by atoms with Gasteiger partial charge in [-0.2, -0.15) is 5.10 Å². The van der Waals surface area contributed by atoms with Crippen molar-refractivity contribution in [2.45, 2.75) is 32.8 Å². The molecular weight excluding hydrogens is 242 g/mol. The number of hydrogen-bond donors (Lipinski definition) is 1. The Morgan fingerprint density at radius 3 is 2.63 bits per heavy atom. The zero-order chi connectivity index (χ0) is 14.2. The normalized spacial score (nSPS) is 23.5. The lowest BCUT2D eigenvalue weighted by atomic mass is 10.1. The van der Waals surface area contributed by atoms with Crippen molar-refractivity contribution < 1.29 is 9.90 Å². The molecule has 19 heavy (non-hydrogen) atoms. The Bertz CT molecular complexity index is 529. The number of amides is 1. The van der Waals surface area contributed by atoms with Crippen LogP contribution in [0.2, 0.25) is 0 Å². The minimum atomic E-state index is -0.746. The molecule has 0 radical (unpaired) electrons. The number of aliphatic hydroxyl groups is 1. The smallest absolute Gasteiger partial charge is 0.246 e. The van der Waals surface area contributed by atoms with Crippen molar-refractivity contribution in [3.63, 3.8) is 0 Å². The fourth-order valence-electron chi connectivity index (χ4n) is 2.42. The zero-order valence-electron chi connectivity index (χ0n) is 12.0. The Labute approximate surface area is 113 Å². The Balaban J connectivity index is 2.09. The second kappa shape index (κ2) is 4.81. The third-order valence-corrected chi connectivity index (χ3v) is 3.72. The molecule has 5 nitrogen and oxygen atoms in total. The maximum Gasteiger partial charge on any atom is 0.246 e. The molecule has 1 atom stereocenters. The van der Waals surface area contributed by atoms with Gasteiger partial charge in [0.15, 0.2) is 0 Å². The van der Waals surface area contributed by atoms with Crippen molar-refractivity contribution in [1.29, 1.82) is 0 Å². The average Bonchev–Trinajstić information content (AvgIpc) is 2.79. The molecule has 0 aliphatic carbocycles. The van der Waals surface area contributed by atoms with E-state index in [0.29, 0.717) is 19.5 Å². The van der Waals surface area contributed by atoms with E-state index in [1.807, 2.05) is 27.0 Å². The molecule has 104 valence electrons. The van der Waals surface area contributed by atoms with Crippen LogP contribution in [0.1, 0.15) is 30.3 Å². The van der Waals surface area contributed by atoms with Gasteiger partial charge in [0.05, 0.1) is 11.3 Å². The van der Waals surface area contributed by atoms with E-state index >= 15 is 0 Å². The molecule has 5 heteroatoms. The Morgan fingerprint density at radius 1 is 1.47 bits per heavy atom. The van der Waals surface area contributed by atoms with Gasteiger partial charge in [-0.25, -0.2) is 0 Å². The van der Waals surface area contributed by atoms with Gasteiger partial charge in [0.25, 0.3) is 0 Å². The van der Waals surface area contributed by atoms with E-state index < -0.39 is 5.60 Å². The lowest BCUT2D eigenvalue weighted by molar-refractivity contribution is -0.125. The quantitative estimate of drug-likeness (QED) is 0.811. The Hall–Kier alpha value is -1.62. The van der Waals surface area contributed by atoms with Gasteiger partial charge in [-0.05, 0) is 33.3 Å². The number of carbonyl (C=O) groups is 1. The van der Waals surface area contributed by atoms with Crippen LogP contribution in [0.25, 0.3) is 6.08 Å². The summed E-state index contributed by atoms with van der Waals surface area (Å²) in [5.41, 5.74) is 2.19. The first kappa shape index (κ1) is 13.8. The first-order chi connectivity index (χ1) is 8.80. The predicted octanol–water partition coefficient (Wildman–Crippen LogP) is 1.03. The first-order valence-corrected chi connectivity index (χ1v) is 6.50. The highest BCUT2D eigenvalue weighted by atomic mass is 16.3. The lowest BCUT2D eigenvalue weighted by Crippen LogP contribution is -2.32. The molecule has 1 amide bonds. The van der Waals surface area contributed by atoms with Crippen LogP contribution in [0.4, 0.5) is 0 Å². The molecule has 1 unspecified atom stereocenters. The lowest BCUT2D eigenvalue weighted by Gasteiger charge is -2.17. The van der Waals surface area contributed by atoms with Crippen LogP contribution < -0.4 is 0 Å². The highest BCUT2D eigenvalue weighted by Crippen LogP contribution is 2.21. The minimum absolute atomic E-state index is 0.0552. The summed E-state index contributed by atoms with van der Waals surface area (Å²) in [5, 5.41) is 14.2. The van der Waals surface area contributed by atoms with Crippen LogP contribution in [0, 0.1) is 13.8 Å². The summed E-state index contributed by atoms with van der Waals surface area (Å²) in [7, 11) is 1.89. The molecule has 0 bridgehead atoms. The minimum Gasteiger partial charge on any atom is -0.388 e. The van der Waals surface area contributed by atoms with Crippen molar-refractivity contribution in [2.24, 2.45) is 7.05 Å². The fourth-order valence-corrected chi connectivity index (χ4v) is 2.42. The summed E-state index contributed by atoms with van der Waals surface area (Å²) < 4.78 is 1.81. The number of likely N-dealkylation sites (tertiary alicyclic amines) is 1. The molecule has 1 aromatic heterocycles. The number of hydrogen-bond acceptors (Lipinski definition) is 3. The van der Waals surface area contributed by atoms with E-state index in [0.717, 1.165) is 17.0 Å². The molecule has 0 spiro atoms. The third kappa shape index (κ3) is 2.87. The SMILES string of the molecule is Cc1nn(C)c(C)c1/C=C/C(=O)N1CCC(C)(O)C1. The maximum absolute atomic E-state index is 12.0. The van der Waals surface area contributed by atoms with Gasteiger partial charge in [0.2, 0.25) is 5.91 Å². The van der Waals surface area contributed by atoms with E-state index in [1.165, 1.54) is 0 Å². The molecule has 1 aliphatic heterocycles. The van der Waals surface area contributed by atoms with Crippen molar-refractivity contribution >= 4 is 12.0 Å². The number of β-amino-alcohol motifs (C(OH)–C–C–N with tert-alkyl or cyclic N) is 1. The van der Waals surface area contributed by atoms with Crippen LogP contribution in [0.3, 0.4) is 0 Å². The van der Waals surface area contributed by atoms with Gasteiger partial charge in [-0.1, -0.05) is 0 Å². The van der Waals surface area contributed by atoms with E-state index in [-0.39, 0.29) is 5.91 Å². The van der Waals surface area contributed by atoms with Gasteiger partial charge in [-0.3, -0.25) is 9.48 Å². The van der Waals surface area contributed by atoms with Crippen LogP contribution in [0.15, 0.2) is 6.08 Å². The highest BCUT2D eigenvalue weighted by molar-refractivity contribution is 5.92. The number of nitrogens with zero attached hydrogens (tertiary/aromatic N) is 3. The summed E-state index contributed by atoms with van der Waals surface area (Å²) in [6.07, 6.45) is 4.02.